The molecule has 0 saturated carbocycles. The zero-order valence-corrected chi connectivity index (χ0v) is 16.3. The lowest BCUT2D eigenvalue weighted by Gasteiger charge is -2.19. The van der Waals surface area contributed by atoms with Gasteiger partial charge in [0.05, 0.1) is 11.4 Å². The van der Waals surface area contributed by atoms with E-state index in [9.17, 15) is 13.2 Å². The van der Waals surface area contributed by atoms with Crippen LogP contribution < -0.4 is 9.62 Å². The van der Waals surface area contributed by atoms with Gasteiger partial charge in [0.25, 0.3) is 0 Å². The SMILES string of the molecule is CN(c1ccccc1)S(=O)(=O)CCNC(=O)CCCc1ccccc1Cl. The fourth-order valence-electron chi connectivity index (χ4n) is 2.48. The van der Waals surface area contributed by atoms with Crippen molar-refractivity contribution in [2.24, 2.45) is 0 Å². The predicted molar refractivity (Wildman–Crippen MR) is 106 cm³/mol. The summed E-state index contributed by atoms with van der Waals surface area (Å²) in [4.78, 5) is 11.9. The Labute approximate surface area is 160 Å². The van der Waals surface area contributed by atoms with Crippen LogP contribution in [0.2, 0.25) is 5.02 Å². The van der Waals surface area contributed by atoms with Crippen LogP contribution in [-0.2, 0) is 21.2 Å². The van der Waals surface area contributed by atoms with Crippen LogP contribution in [0.4, 0.5) is 5.69 Å². The lowest BCUT2D eigenvalue weighted by atomic mass is 10.1. The highest BCUT2D eigenvalue weighted by atomic mass is 35.5. The van der Waals surface area contributed by atoms with E-state index in [1.54, 1.807) is 24.3 Å². The number of benzene rings is 2. The molecule has 0 saturated heterocycles. The van der Waals surface area contributed by atoms with Crippen LogP contribution in [0.3, 0.4) is 0 Å². The van der Waals surface area contributed by atoms with E-state index in [1.807, 2.05) is 30.3 Å². The molecule has 2 aromatic rings. The van der Waals surface area contributed by atoms with Crippen LogP contribution in [0.5, 0.6) is 0 Å². The minimum atomic E-state index is -3.48. The number of amides is 1. The van der Waals surface area contributed by atoms with Gasteiger partial charge in [0.15, 0.2) is 0 Å². The summed E-state index contributed by atoms with van der Waals surface area (Å²) in [5.74, 6) is -0.302. The van der Waals surface area contributed by atoms with Gasteiger partial charge in [-0.05, 0) is 36.6 Å². The number of carbonyl (C=O) groups excluding carboxylic acids is 1. The third-order valence-electron chi connectivity index (χ3n) is 4.03. The summed E-state index contributed by atoms with van der Waals surface area (Å²) >= 11 is 6.08. The molecule has 2 rings (SSSR count). The van der Waals surface area contributed by atoms with Gasteiger partial charge in [0.1, 0.15) is 0 Å². The molecule has 0 aliphatic carbocycles. The van der Waals surface area contributed by atoms with Crippen LogP contribution in [-0.4, -0.2) is 33.7 Å². The number of nitrogens with zero attached hydrogens (tertiary/aromatic N) is 1. The first kappa shape index (κ1) is 20.3. The maximum absolute atomic E-state index is 12.3. The van der Waals surface area contributed by atoms with E-state index >= 15 is 0 Å². The number of hydrogen-bond acceptors (Lipinski definition) is 3. The van der Waals surface area contributed by atoms with Crippen LogP contribution in [0, 0.1) is 0 Å². The number of nitrogens with one attached hydrogen (secondary N) is 1. The predicted octanol–water partition coefficient (Wildman–Crippen LogP) is 3.25. The maximum Gasteiger partial charge on any atom is 0.236 e. The number of hydrogen-bond donors (Lipinski definition) is 1. The number of carbonyl (C=O) groups is 1. The van der Waals surface area contributed by atoms with Crippen molar-refractivity contribution >= 4 is 33.2 Å². The molecule has 0 aliphatic rings. The lowest BCUT2D eigenvalue weighted by Crippen LogP contribution is -2.35. The van der Waals surface area contributed by atoms with Crippen molar-refractivity contribution in [2.45, 2.75) is 19.3 Å². The van der Waals surface area contributed by atoms with E-state index in [4.69, 9.17) is 11.6 Å². The fourth-order valence-corrected chi connectivity index (χ4v) is 3.79. The van der Waals surface area contributed by atoms with Crippen molar-refractivity contribution in [3.05, 3.63) is 65.2 Å². The first-order valence-electron chi connectivity index (χ1n) is 8.42. The Morgan fingerprint density at radius 3 is 2.42 bits per heavy atom. The molecule has 0 aromatic heterocycles. The summed E-state index contributed by atoms with van der Waals surface area (Å²) in [5.41, 5.74) is 1.60. The zero-order valence-electron chi connectivity index (χ0n) is 14.7. The minimum Gasteiger partial charge on any atom is -0.355 e. The highest BCUT2D eigenvalue weighted by Gasteiger charge is 2.18. The van der Waals surface area contributed by atoms with Gasteiger partial charge in [-0.3, -0.25) is 9.10 Å². The molecule has 5 nitrogen and oxygen atoms in total. The first-order chi connectivity index (χ1) is 12.4. The number of sulfonamides is 1. The van der Waals surface area contributed by atoms with Gasteiger partial charge in [-0.25, -0.2) is 8.42 Å². The molecular weight excluding hydrogens is 372 g/mol. The Morgan fingerprint density at radius 2 is 1.73 bits per heavy atom. The summed E-state index contributed by atoms with van der Waals surface area (Å²) in [5, 5.41) is 3.37. The Morgan fingerprint density at radius 1 is 1.08 bits per heavy atom. The van der Waals surface area contributed by atoms with Gasteiger partial charge < -0.3 is 5.32 Å². The molecule has 1 N–H and O–H groups in total. The molecule has 1 amide bonds. The smallest absolute Gasteiger partial charge is 0.236 e. The number of halogens is 1. The van der Waals surface area contributed by atoms with E-state index in [0.717, 1.165) is 5.56 Å². The molecule has 0 aliphatic heterocycles. The molecule has 0 fully saturated rings. The van der Waals surface area contributed by atoms with E-state index in [2.05, 4.69) is 5.32 Å². The Bertz CT molecular complexity index is 826. The lowest BCUT2D eigenvalue weighted by molar-refractivity contribution is -0.121. The van der Waals surface area contributed by atoms with E-state index in [1.165, 1.54) is 11.4 Å². The van der Waals surface area contributed by atoms with Gasteiger partial charge in [-0.1, -0.05) is 48.0 Å². The fraction of sp³-hybridized carbons (Fsp3) is 0.316. The topological polar surface area (TPSA) is 66.5 Å². The summed E-state index contributed by atoms with van der Waals surface area (Å²) in [6.45, 7) is 0.0877. The van der Waals surface area contributed by atoms with Crippen molar-refractivity contribution in [2.75, 3.05) is 23.7 Å². The number of para-hydroxylation sites is 1. The third kappa shape index (κ3) is 6.04. The first-order valence-corrected chi connectivity index (χ1v) is 10.4. The van der Waals surface area contributed by atoms with Crippen molar-refractivity contribution in [3.63, 3.8) is 0 Å². The quantitative estimate of drug-likeness (QED) is 0.709. The molecule has 0 spiro atoms. The number of aryl methyl sites for hydroxylation is 1. The van der Waals surface area contributed by atoms with Crippen molar-refractivity contribution in [3.8, 4) is 0 Å². The normalized spacial score (nSPS) is 11.2. The van der Waals surface area contributed by atoms with Crippen LogP contribution in [0.25, 0.3) is 0 Å². The third-order valence-corrected chi connectivity index (χ3v) is 6.16. The summed E-state index contributed by atoms with van der Waals surface area (Å²) in [7, 11) is -1.97. The van der Waals surface area contributed by atoms with E-state index in [0.29, 0.717) is 30.0 Å². The van der Waals surface area contributed by atoms with Gasteiger partial charge in [0, 0.05) is 25.0 Å². The molecule has 0 atom stereocenters. The highest BCUT2D eigenvalue weighted by molar-refractivity contribution is 7.92. The molecule has 0 radical (unpaired) electrons. The molecule has 0 unspecified atom stereocenters. The van der Waals surface area contributed by atoms with Gasteiger partial charge >= 0.3 is 0 Å². The second-order valence-corrected chi connectivity index (χ2v) is 8.44. The second kappa shape index (κ2) is 9.59. The molecule has 140 valence electrons. The van der Waals surface area contributed by atoms with Crippen molar-refractivity contribution < 1.29 is 13.2 Å². The monoisotopic (exact) mass is 394 g/mol. The molecule has 26 heavy (non-hydrogen) atoms. The van der Waals surface area contributed by atoms with E-state index in [-0.39, 0.29) is 18.2 Å². The minimum absolute atomic E-state index is 0.0877. The average molecular weight is 395 g/mol. The zero-order chi connectivity index (χ0) is 19.0. The second-order valence-electron chi connectivity index (χ2n) is 5.91. The standard InChI is InChI=1S/C19H23ClN2O3S/c1-22(17-10-3-2-4-11-17)26(24,25)15-14-21-19(23)13-7-9-16-8-5-6-12-18(16)20/h2-6,8,10-12H,7,9,13-15H2,1H3,(H,21,23). The van der Waals surface area contributed by atoms with Crippen molar-refractivity contribution in [1.29, 1.82) is 0 Å². The maximum atomic E-state index is 12.3. The molecule has 0 bridgehead atoms. The Kier molecular flexibility index (Phi) is 7.48. The molecule has 2 aromatic carbocycles. The van der Waals surface area contributed by atoms with Crippen molar-refractivity contribution in [1.82, 2.24) is 5.32 Å². The molecule has 0 heterocycles. The summed E-state index contributed by atoms with van der Waals surface area (Å²) in [6, 6.07) is 16.4. The number of anilines is 1. The van der Waals surface area contributed by atoms with Gasteiger partial charge in [-0.15, -0.1) is 0 Å². The molecular formula is C19H23ClN2O3S. The molecule has 7 heteroatoms. The van der Waals surface area contributed by atoms with Gasteiger partial charge in [-0.2, -0.15) is 0 Å². The average Bonchev–Trinajstić information content (AvgIpc) is 2.63. The summed E-state index contributed by atoms with van der Waals surface area (Å²) in [6.07, 6.45) is 1.70. The number of rotatable bonds is 9. The van der Waals surface area contributed by atoms with Crippen LogP contribution in [0.1, 0.15) is 18.4 Å². The highest BCUT2D eigenvalue weighted by Crippen LogP contribution is 2.17. The summed E-state index contributed by atoms with van der Waals surface area (Å²) < 4.78 is 25.9. The van der Waals surface area contributed by atoms with Crippen LogP contribution in [0.15, 0.2) is 54.6 Å². The largest absolute Gasteiger partial charge is 0.355 e. The van der Waals surface area contributed by atoms with Gasteiger partial charge in [0.2, 0.25) is 15.9 Å². The van der Waals surface area contributed by atoms with Crippen LogP contribution >= 0.6 is 11.6 Å². The Balaban J connectivity index is 1.73. The Hall–Kier alpha value is -2.05. The van der Waals surface area contributed by atoms with E-state index < -0.39 is 10.0 Å².